The first-order valence-corrected chi connectivity index (χ1v) is 7.18. The molecule has 0 bridgehead atoms. The largest absolute Gasteiger partial charge is 0.381 e. The van der Waals surface area contributed by atoms with E-state index in [-0.39, 0.29) is 5.41 Å². The Morgan fingerprint density at radius 2 is 1.59 bits per heavy atom. The van der Waals surface area contributed by atoms with Crippen molar-refractivity contribution in [2.45, 2.75) is 53.4 Å². The molecule has 0 aliphatic heterocycles. The van der Waals surface area contributed by atoms with Crippen molar-refractivity contribution in [2.75, 3.05) is 26.4 Å². The van der Waals surface area contributed by atoms with Crippen LogP contribution in [0.5, 0.6) is 0 Å². The van der Waals surface area contributed by atoms with E-state index < -0.39 is 0 Å². The van der Waals surface area contributed by atoms with Gasteiger partial charge in [0.1, 0.15) is 0 Å². The van der Waals surface area contributed by atoms with Gasteiger partial charge in [-0.25, -0.2) is 0 Å². The molecule has 0 aromatic carbocycles. The minimum Gasteiger partial charge on any atom is -0.381 e. The average Bonchev–Trinajstić information content (AvgIpc) is 2.64. The highest BCUT2D eigenvalue weighted by atomic mass is 16.5. The average molecular weight is 242 g/mol. The lowest BCUT2D eigenvalue weighted by atomic mass is 9.96. The van der Waals surface area contributed by atoms with Crippen LogP contribution in [0.3, 0.4) is 0 Å². The van der Waals surface area contributed by atoms with E-state index in [1.807, 2.05) is 0 Å². The molecule has 2 heteroatoms. The van der Waals surface area contributed by atoms with Crippen molar-refractivity contribution in [1.82, 2.24) is 0 Å². The molecule has 0 heterocycles. The zero-order valence-corrected chi connectivity index (χ0v) is 12.1. The second-order valence-corrected chi connectivity index (χ2v) is 6.60. The number of hydrogen-bond donors (Lipinski definition) is 0. The normalized spacial score (nSPS) is 25.4. The van der Waals surface area contributed by atoms with Gasteiger partial charge in [-0.15, -0.1) is 0 Å². The Bertz CT molecular complexity index is 196. The Morgan fingerprint density at radius 1 is 1.00 bits per heavy atom. The molecule has 0 radical (unpaired) electrons. The van der Waals surface area contributed by atoms with Crippen LogP contribution in [-0.2, 0) is 9.47 Å². The van der Waals surface area contributed by atoms with E-state index in [1.54, 1.807) is 0 Å². The van der Waals surface area contributed by atoms with Crippen molar-refractivity contribution in [3.05, 3.63) is 0 Å². The molecule has 0 spiro atoms. The number of rotatable bonds is 7. The first-order valence-electron chi connectivity index (χ1n) is 7.18. The molecule has 2 unspecified atom stereocenters. The third kappa shape index (κ3) is 6.42. The first-order chi connectivity index (χ1) is 8.03. The maximum absolute atomic E-state index is 5.86. The highest BCUT2D eigenvalue weighted by Gasteiger charge is 2.27. The van der Waals surface area contributed by atoms with Crippen LogP contribution in [-0.4, -0.2) is 26.4 Å². The summed E-state index contributed by atoms with van der Waals surface area (Å²) < 4.78 is 11.6. The summed E-state index contributed by atoms with van der Waals surface area (Å²) in [6.07, 6.45) is 5.12. The lowest BCUT2D eigenvalue weighted by Crippen LogP contribution is -2.23. The highest BCUT2D eigenvalue weighted by Crippen LogP contribution is 2.32. The van der Waals surface area contributed by atoms with Crippen molar-refractivity contribution < 1.29 is 9.47 Å². The quantitative estimate of drug-likeness (QED) is 0.631. The van der Waals surface area contributed by atoms with Crippen molar-refractivity contribution in [3.63, 3.8) is 0 Å². The number of ether oxygens (including phenoxy) is 2. The van der Waals surface area contributed by atoms with E-state index in [4.69, 9.17) is 9.47 Å². The predicted molar refractivity (Wildman–Crippen MR) is 72.2 cm³/mol. The lowest BCUT2D eigenvalue weighted by molar-refractivity contribution is 0.0192. The van der Waals surface area contributed by atoms with E-state index in [2.05, 4.69) is 27.7 Å². The molecule has 102 valence electrons. The Labute approximate surface area is 107 Å². The molecule has 0 saturated heterocycles. The molecule has 1 aliphatic carbocycles. The second-order valence-electron chi connectivity index (χ2n) is 6.60. The van der Waals surface area contributed by atoms with Crippen LogP contribution in [0.1, 0.15) is 53.4 Å². The third-order valence-electron chi connectivity index (χ3n) is 3.36. The second kappa shape index (κ2) is 7.38. The fourth-order valence-electron chi connectivity index (χ4n) is 2.45. The Balaban J connectivity index is 2.17. The van der Waals surface area contributed by atoms with Gasteiger partial charge in [-0.2, -0.15) is 0 Å². The smallest absolute Gasteiger partial charge is 0.0514 e. The Hall–Kier alpha value is -0.0800. The summed E-state index contributed by atoms with van der Waals surface area (Å²) in [5.74, 6) is 1.47. The van der Waals surface area contributed by atoms with Gasteiger partial charge in [0.25, 0.3) is 0 Å². The fourth-order valence-corrected chi connectivity index (χ4v) is 2.45. The molecular formula is C15H30O2. The van der Waals surface area contributed by atoms with E-state index >= 15 is 0 Å². The van der Waals surface area contributed by atoms with Crippen LogP contribution < -0.4 is 0 Å². The van der Waals surface area contributed by atoms with Crippen molar-refractivity contribution in [2.24, 2.45) is 17.3 Å². The molecule has 17 heavy (non-hydrogen) atoms. The minimum absolute atomic E-state index is 0.285. The molecule has 0 aromatic heterocycles. The van der Waals surface area contributed by atoms with Gasteiger partial charge < -0.3 is 9.47 Å². The van der Waals surface area contributed by atoms with Gasteiger partial charge in [-0.05, 0) is 36.5 Å². The van der Waals surface area contributed by atoms with Gasteiger partial charge >= 0.3 is 0 Å². The molecule has 0 N–H and O–H groups in total. The summed E-state index contributed by atoms with van der Waals surface area (Å²) in [5.41, 5.74) is 0.285. The molecule has 1 aliphatic rings. The molecule has 2 atom stereocenters. The molecule has 1 saturated carbocycles. The zero-order chi connectivity index (χ0) is 12.7. The highest BCUT2D eigenvalue weighted by molar-refractivity contribution is 4.77. The summed E-state index contributed by atoms with van der Waals surface area (Å²) in [7, 11) is 0. The van der Waals surface area contributed by atoms with Crippen LogP contribution in [0.25, 0.3) is 0 Å². The summed E-state index contributed by atoms with van der Waals surface area (Å²) in [6.45, 7) is 12.5. The van der Waals surface area contributed by atoms with E-state index in [1.165, 1.54) is 19.3 Å². The van der Waals surface area contributed by atoms with E-state index in [0.717, 1.165) is 44.7 Å². The van der Waals surface area contributed by atoms with Crippen molar-refractivity contribution >= 4 is 0 Å². The van der Waals surface area contributed by atoms with Crippen LogP contribution in [0.15, 0.2) is 0 Å². The zero-order valence-electron chi connectivity index (χ0n) is 12.1. The molecular weight excluding hydrogens is 212 g/mol. The van der Waals surface area contributed by atoms with Crippen molar-refractivity contribution in [1.29, 1.82) is 0 Å². The molecule has 1 rings (SSSR count). The van der Waals surface area contributed by atoms with Gasteiger partial charge in [-0.3, -0.25) is 0 Å². The topological polar surface area (TPSA) is 18.5 Å². The summed E-state index contributed by atoms with van der Waals surface area (Å²) in [6, 6.07) is 0. The Kier molecular flexibility index (Phi) is 6.50. The molecule has 0 amide bonds. The predicted octanol–water partition coefficient (Wildman–Crippen LogP) is 3.89. The lowest BCUT2D eigenvalue weighted by Gasteiger charge is -2.23. The number of hydrogen-bond acceptors (Lipinski definition) is 2. The van der Waals surface area contributed by atoms with Gasteiger partial charge in [0, 0.05) is 19.8 Å². The molecule has 0 aromatic rings. The van der Waals surface area contributed by atoms with E-state index in [0.29, 0.717) is 0 Å². The summed E-state index contributed by atoms with van der Waals surface area (Å²) in [5, 5.41) is 0. The summed E-state index contributed by atoms with van der Waals surface area (Å²) >= 11 is 0. The van der Waals surface area contributed by atoms with Gasteiger partial charge in [-0.1, -0.05) is 34.1 Å². The molecule has 2 nitrogen and oxygen atoms in total. The van der Waals surface area contributed by atoms with Gasteiger partial charge in [0.05, 0.1) is 6.61 Å². The SMILES string of the molecule is CCCOCC1CCCC1COCC(C)(C)C. The molecule has 1 fully saturated rings. The minimum atomic E-state index is 0.285. The van der Waals surface area contributed by atoms with Crippen molar-refractivity contribution in [3.8, 4) is 0 Å². The fraction of sp³-hybridized carbons (Fsp3) is 1.00. The van der Waals surface area contributed by atoms with Crippen LogP contribution >= 0.6 is 0 Å². The standard InChI is InChI=1S/C15H30O2/c1-5-9-16-10-13-7-6-8-14(13)11-17-12-15(2,3)4/h13-14H,5-12H2,1-4H3. The van der Waals surface area contributed by atoms with Crippen LogP contribution in [0, 0.1) is 17.3 Å². The first kappa shape index (κ1) is 15.0. The third-order valence-corrected chi connectivity index (χ3v) is 3.36. The van der Waals surface area contributed by atoms with E-state index in [9.17, 15) is 0 Å². The van der Waals surface area contributed by atoms with Crippen LogP contribution in [0.4, 0.5) is 0 Å². The monoisotopic (exact) mass is 242 g/mol. The maximum Gasteiger partial charge on any atom is 0.0514 e. The summed E-state index contributed by atoms with van der Waals surface area (Å²) in [4.78, 5) is 0. The Morgan fingerprint density at radius 3 is 2.12 bits per heavy atom. The van der Waals surface area contributed by atoms with Gasteiger partial charge in [0.2, 0.25) is 0 Å². The van der Waals surface area contributed by atoms with Crippen LogP contribution in [0.2, 0.25) is 0 Å². The van der Waals surface area contributed by atoms with Gasteiger partial charge in [0.15, 0.2) is 0 Å². The maximum atomic E-state index is 5.86.